The number of piperazine rings is 1. The number of nitrogens with zero attached hydrogens (tertiary/aromatic N) is 3. The number of benzene rings is 1. The molecule has 0 spiro atoms. The van der Waals surface area contributed by atoms with Gasteiger partial charge in [0.25, 0.3) is 0 Å². The van der Waals surface area contributed by atoms with Crippen molar-refractivity contribution < 1.29 is 18.7 Å². The highest BCUT2D eigenvalue weighted by molar-refractivity contribution is 6.00. The molecular formula is C18H24FN3O3. The molecule has 25 heavy (non-hydrogen) atoms. The maximum Gasteiger partial charge on any atom is 0.236 e. The Morgan fingerprint density at radius 2 is 1.76 bits per heavy atom. The quantitative estimate of drug-likeness (QED) is 0.760. The zero-order valence-corrected chi connectivity index (χ0v) is 14.5. The van der Waals surface area contributed by atoms with E-state index in [0.29, 0.717) is 64.7 Å². The van der Waals surface area contributed by atoms with Crippen molar-refractivity contribution in [1.82, 2.24) is 9.80 Å². The summed E-state index contributed by atoms with van der Waals surface area (Å²) < 4.78 is 19.3. The van der Waals surface area contributed by atoms with Crippen molar-refractivity contribution in [3.05, 3.63) is 29.6 Å². The molecule has 7 heteroatoms. The molecule has 0 radical (unpaired) electrons. The first-order chi connectivity index (χ1) is 12.1. The van der Waals surface area contributed by atoms with Crippen molar-refractivity contribution in [2.45, 2.75) is 6.92 Å². The molecule has 0 aromatic heterocycles. The number of morpholine rings is 1. The molecule has 0 atom stereocenters. The molecule has 0 unspecified atom stereocenters. The Labute approximate surface area is 147 Å². The number of carbonyl (C=O) groups excluding carboxylic acids is 2. The van der Waals surface area contributed by atoms with Crippen LogP contribution < -0.4 is 4.90 Å². The fourth-order valence-corrected chi connectivity index (χ4v) is 3.38. The fourth-order valence-electron chi connectivity index (χ4n) is 3.38. The summed E-state index contributed by atoms with van der Waals surface area (Å²) in [7, 11) is 0. The fraction of sp³-hybridized carbons (Fsp3) is 0.556. The third-order valence-electron chi connectivity index (χ3n) is 4.78. The number of rotatable bonds is 4. The maximum absolute atomic E-state index is 14.0. The lowest BCUT2D eigenvalue weighted by Gasteiger charge is -2.37. The van der Waals surface area contributed by atoms with E-state index in [1.54, 1.807) is 12.1 Å². The van der Waals surface area contributed by atoms with Crippen LogP contribution in [-0.2, 0) is 9.53 Å². The number of hydrogen-bond donors (Lipinski definition) is 0. The van der Waals surface area contributed by atoms with Crippen molar-refractivity contribution in [1.29, 1.82) is 0 Å². The summed E-state index contributed by atoms with van der Waals surface area (Å²) in [5, 5.41) is 0. The molecule has 2 heterocycles. The molecular weight excluding hydrogens is 325 g/mol. The van der Waals surface area contributed by atoms with Gasteiger partial charge in [-0.05, 0) is 19.1 Å². The van der Waals surface area contributed by atoms with Crippen LogP contribution in [-0.4, -0.2) is 80.5 Å². The Balaban J connectivity index is 1.58. The summed E-state index contributed by atoms with van der Waals surface area (Å²) in [4.78, 5) is 30.1. The number of Topliss-reactive ketones (excluding diaryl/α,β-unsaturated/α-hetero) is 1. The topological polar surface area (TPSA) is 53.1 Å². The molecule has 136 valence electrons. The average Bonchev–Trinajstić information content (AvgIpc) is 2.62. The molecule has 2 aliphatic rings. The minimum Gasteiger partial charge on any atom is -0.378 e. The van der Waals surface area contributed by atoms with Gasteiger partial charge in [0.15, 0.2) is 5.78 Å². The Kier molecular flexibility index (Phi) is 5.65. The number of anilines is 1. The van der Waals surface area contributed by atoms with E-state index in [1.807, 2.05) is 9.80 Å². The van der Waals surface area contributed by atoms with Gasteiger partial charge in [0.1, 0.15) is 5.82 Å². The summed E-state index contributed by atoms with van der Waals surface area (Å²) in [5.74, 6) is -0.611. The van der Waals surface area contributed by atoms with Crippen LogP contribution in [0.2, 0.25) is 0 Å². The third kappa shape index (κ3) is 4.16. The van der Waals surface area contributed by atoms with Crippen molar-refractivity contribution in [2.24, 2.45) is 0 Å². The van der Waals surface area contributed by atoms with E-state index in [0.717, 1.165) is 0 Å². The van der Waals surface area contributed by atoms with Gasteiger partial charge >= 0.3 is 0 Å². The van der Waals surface area contributed by atoms with Gasteiger partial charge in [0, 0.05) is 39.3 Å². The van der Waals surface area contributed by atoms with Gasteiger partial charge in [-0.25, -0.2) is 4.39 Å². The van der Waals surface area contributed by atoms with E-state index in [-0.39, 0.29) is 17.3 Å². The van der Waals surface area contributed by atoms with Crippen molar-refractivity contribution in [2.75, 3.05) is 63.9 Å². The van der Waals surface area contributed by atoms with E-state index < -0.39 is 5.82 Å². The molecule has 0 aliphatic carbocycles. The van der Waals surface area contributed by atoms with Gasteiger partial charge in [-0.3, -0.25) is 14.5 Å². The second-order valence-electron chi connectivity index (χ2n) is 6.45. The average molecular weight is 349 g/mol. The van der Waals surface area contributed by atoms with Crippen LogP contribution in [0.4, 0.5) is 10.1 Å². The van der Waals surface area contributed by atoms with Gasteiger partial charge in [-0.15, -0.1) is 0 Å². The Hall–Kier alpha value is -1.99. The zero-order valence-electron chi connectivity index (χ0n) is 14.5. The molecule has 0 bridgehead atoms. The number of ketones is 1. The van der Waals surface area contributed by atoms with Gasteiger partial charge in [-0.2, -0.15) is 0 Å². The first kappa shape index (κ1) is 17.8. The standard InChI is InChI=1S/C18H24FN3O3/c1-14(23)18-15(19)3-2-4-16(18)21-7-5-20(6-8-21)13-17(24)22-9-11-25-12-10-22/h2-4H,5-13H2,1H3. The van der Waals surface area contributed by atoms with Gasteiger partial charge in [0.2, 0.25) is 5.91 Å². The maximum atomic E-state index is 14.0. The van der Waals surface area contributed by atoms with Gasteiger partial charge < -0.3 is 14.5 Å². The van der Waals surface area contributed by atoms with Gasteiger partial charge in [0.05, 0.1) is 31.0 Å². The Morgan fingerprint density at radius 3 is 2.40 bits per heavy atom. The number of halogens is 1. The Bertz CT molecular complexity index is 638. The van der Waals surface area contributed by atoms with E-state index in [9.17, 15) is 14.0 Å². The third-order valence-corrected chi connectivity index (χ3v) is 4.78. The summed E-state index contributed by atoms with van der Waals surface area (Å²) >= 11 is 0. The largest absolute Gasteiger partial charge is 0.378 e. The predicted molar refractivity (Wildman–Crippen MR) is 92.5 cm³/mol. The SMILES string of the molecule is CC(=O)c1c(F)cccc1N1CCN(CC(=O)N2CCOCC2)CC1. The van der Waals surface area contributed by atoms with E-state index in [4.69, 9.17) is 4.74 Å². The Morgan fingerprint density at radius 1 is 1.08 bits per heavy atom. The molecule has 2 aliphatic heterocycles. The first-order valence-electron chi connectivity index (χ1n) is 8.68. The molecule has 1 aromatic rings. The molecule has 2 fully saturated rings. The van der Waals surface area contributed by atoms with Crippen molar-refractivity contribution >= 4 is 17.4 Å². The van der Waals surface area contributed by atoms with Crippen LogP contribution in [0.5, 0.6) is 0 Å². The van der Waals surface area contributed by atoms with E-state index in [2.05, 4.69) is 4.90 Å². The number of carbonyl (C=O) groups is 2. The lowest BCUT2D eigenvalue weighted by molar-refractivity contribution is -0.136. The van der Waals surface area contributed by atoms with E-state index in [1.165, 1.54) is 13.0 Å². The number of amides is 1. The minimum absolute atomic E-state index is 0.131. The number of hydrogen-bond acceptors (Lipinski definition) is 5. The van der Waals surface area contributed by atoms with Crippen LogP contribution in [0.25, 0.3) is 0 Å². The second kappa shape index (κ2) is 7.93. The van der Waals surface area contributed by atoms with Gasteiger partial charge in [-0.1, -0.05) is 6.07 Å². The highest BCUT2D eigenvalue weighted by Crippen LogP contribution is 2.25. The molecule has 6 nitrogen and oxygen atoms in total. The second-order valence-corrected chi connectivity index (χ2v) is 6.45. The van der Waals surface area contributed by atoms with Crippen LogP contribution in [0.15, 0.2) is 18.2 Å². The number of ether oxygens (including phenoxy) is 1. The molecule has 1 aromatic carbocycles. The summed E-state index contributed by atoms with van der Waals surface area (Å²) in [5.41, 5.74) is 0.798. The van der Waals surface area contributed by atoms with Crippen LogP contribution in [0.3, 0.4) is 0 Å². The molecule has 0 saturated carbocycles. The monoisotopic (exact) mass is 349 g/mol. The highest BCUT2D eigenvalue weighted by atomic mass is 19.1. The molecule has 2 saturated heterocycles. The van der Waals surface area contributed by atoms with Crippen molar-refractivity contribution in [3.8, 4) is 0 Å². The van der Waals surface area contributed by atoms with Crippen LogP contribution in [0, 0.1) is 5.82 Å². The van der Waals surface area contributed by atoms with E-state index >= 15 is 0 Å². The normalized spacial score (nSPS) is 19.1. The predicted octanol–water partition coefficient (Wildman–Crippen LogP) is 1.01. The van der Waals surface area contributed by atoms with Crippen molar-refractivity contribution in [3.63, 3.8) is 0 Å². The van der Waals surface area contributed by atoms with Crippen LogP contribution >= 0.6 is 0 Å². The smallest absolute Gasteiger partial charge is 0.236 e. The summed E-state index contributed by atoms with van der Waals surface area (Å²) in [6.07, 6.45) is 0. The lowest BCUT2D eigenvalue weighted by Crippen LogP contribution is -2.51. The molecule has 3 rings (SSSR count). The summed E-state index contributed by atoms with van der Waals surface area (Å²) in [6.45, 7) is 7.07. The lowest BCUT2D eigenvalue weighted by atomic mass is 10.1. The molecule has 1 amide bonds. The minimum atomic E-state index is -0.477. The highest BCUT2D eigenvalue weighted by Gasteiger charge is 2.25. The first-order valence-corrected chi connectivity index (χ1v) is 8.68. The molecule has 0 N–H and O–H groups in total. The zero-order chi connectivity index (χ0) is 17.8. The van der Waals surface area contributed by atoms with Crippen LogP contribution in [0.1, 0.15) is 17.3 Å². The summed E-state index contributed by atoms with van der Waals surface area (Å²) in [6, 6.07) is 4.73.